The number of pyridine rings is 1. The summed E-state index contributed by atoms with van der Waals surface area (Å²) in [7, 11) is 0. The first kappa shape index (κ1) is 11.9. The van der Waals surface area contributed by atoms with Crippen LogP contribution in [-0.2, 0) is 10.3 Å². The first-order chi connectivity index (χ1) is 9.20. The number of benzene rings is 1. The minimum atomic E-state index is -0.109. The Morgan fingerprint density at radius 1 is 1.05 bits per heavy atom. The summed E-state index contributed by atoms with van der Waals surface area (Å²) in [6.07, 6.45) is 5.65. The topological polar surface area (TPSA) is 42.0 Å². The van der Waals surface area contributed by atoms with Gasteiger partial charge in [-0.3, -0.25) is 9.78 Å². The molecule has 1 heterocycles. The molecule has 0 radical (unpaired) electrons. The van der Waals surface area contributed by atoms with Crippen molar-refractivity contribution in [3.8, 4) is 11.1 Å². The number of carbonyl (C=O) groups is 1. The van der Waals surface area contributed by atoms with E-state index in [9.17, 15) is 4.79 Å². The van der Waals surface area contributed by atoms with Crippen LogP contribution < -0.4 is 5.32 Å². The third kappa shape index (κ3) is 2.36. The summed E-state index contributed by atoms with van der Waals surface area (Å²) in [6, 6.07) is 12.4. The Kier molecular flexibility index (Phi) is 2.82. The van der Waals surface area contributed by atoms with Gasteiger partial charge in [0.05, 0.1) is 5.54 Å². The Labute approximate surface area is 112 Å². The van der Waals surface area contributed by atoms with Crippen LogP contribution in [0.4, 0.5) is 0 Å². The fraction of sp³-hybridized carbons (Fsp3) is 0.250. The highest BCUT2D eigenvalue weighted by Gasteiger charge is 2.44. The predicted molar refractivity (Wildman–Crippen MR) is 74.4 cm³/mol. The van der Waals surface area contributed by atoms with Gasteiger partial charge in [-0.05, 0) is 41.7 Å². The lowest BCUT2D eigenvalue weighted by atomic mass is 10.00. The van der Waals surface area contributed by atoms with Crippen LogP contribution in [0, 0.1) is 0 Å². The number of aromatic nitrogens is 1. The number of hydrogen-bond acceptors (Lipinski definition) is 2. The number of amides is 1. The zero-order valence-electron chi connectivity index (χ0n) is 10.9. The molecule has 0 saturated heterocycles. The molecule has 1 fully saturated rings. The molecule has 1 saturated carbocycles. The maximum atomic E-state index is 11.2. The number of nitrogens with one attached hydrogen (secondary N) is 1. The molecule has 19 heavy (non-hydrogen) atoms. The van der Waals surface area contributed by atoms with Gasteiger partial charge in [-0.2, -0.15) is 0 Å². The molecule has 1 amide bonds. The van der Waals surface area contributed by atoms with E-state index >= 15 is 0 Å². The summed E-state index contributed by atoms with van der Waals surface area (Å²) >= 11 is 0. The molecule has 0 spiro atoms. The average Bonchev–Trinajstić information content (AvgIpc) is 3.20. The van der Waals surface area contributed by atoms with Gasteiger partial charge in [0.15, 0.2) is 0 Å². The first-order valence-corrected chi connectivity index (χ1v) is 6.49. The van der Waals surface area contributed by atoms with E-state index in [1.807, 2.05) is 12.1 Å². The van der Waals surface area contributed by atoms with Crippen molar-refractivity contribution in [2.24, 2.45) is 0 Å². The molecule has 3 nitrogen and oxygen atoms in total. The number of rotatable bonds is 3. The predicted octanol–water partition coefficient (Wildman–Crippen LogP) is 2.87. The molecule has 0 aliphatic heterocycles. The van der Waals surface area contributed by atoms with Gasteiger partial charge in [-0.15, -0.1) is 0 Å². The number of carbonyl (C=O) groups excluding carboxylic acids is 1. The molecule has 1 aliphatic rings. The second-order valence-electron chi connectivity index (χ2n) is 5.08. The quantitative estimate of drug-likeness (QED) is 0.912. The lowest BCUT2D eigenvalue weighted by Gasteiger charge is -2.17. The highest BCUT2D eigenvalue weighted by atomic mass is 16.1. The van der Waals surface area contributed by atoms with Crippen molar-refractivity contribution in [2.75, 3.05) is 0 Å². The normalized spacial score (nSPS) is 15.8. The Morgan fingerprint density at radius 2 is 1.63 bits per heavy atom. The van der Waals surface area contributed by atoms with Gasteiger partial charge >= 0.3 is 0 Å². The van der Waals surface area contributed by atoms with Crippen molar-refractivity contribution < 1.29 is 4.79 Å². The summed E-state index contributed by atoms with van der Waals surface area (Å²) in [4.78, 5) is 15.3. The lowest BCUT2D eigenvalue weighted by molar-refractivity contribution is -0.120. The standard InChI is InChI=1S/C16H16N2O/c1-12(19)18-16(8-9-16)15-4-2-13(3-5-15)14-6-10-17-11-7-14/h2-7,10-11H,8-9H2,1H3,(H,18,19). The van der Waals surface area contributed by atoms with Crippen molar-refractivity contribution in [3.63, 3.8) is 0 Å². The van der Waals surface area contributed by atoms with Crippen LogP contribution in [0.25, 0.3) is 11.1 Å². The van der Waals surface area contributed by atoms with E-state index in [-0.39, 0.29) is 11.4 Å². The van der Waals surface area contributed by atoms with Crippen molar-refractivity contribution in [3.05, 3.63) is 54.4 Å². The fourth-order valence-corrected chi connectivity index (χ4v) is 2.47. The van der Waals surface area contributed by atoms with Crippen molar-refractivity contribution in [2.45, 2.75) is 25.3 Å². The Hall–Kier alpha value is -2.16. The number of hydrogen-bond donors (Lipinski definition) is 1. The minimum absolute atomic E-state index is 0.0377. The van der Waals surface area contributed by atoms with E-state index in [1.54, 1.807) is 19.3 Å². The largest absolute Gasteiger partial charge is 0.347 e. The molecule has 1 N–H and O–H groups in total. The van der Waals surface area contributed by atoms with Crippen molar-refractivity contribution in [1.82, 2.24) is 10.3 Å². The molecular weight excluding hydrogens is 236 g/mol. The summed E-state index contributed by atoms with van der Waals surface area (Å²) in [5, 5.41) is 3.06. The van der Waals surface area contributed by atoms with Crippen LogP contribution >= 0.6 is 0 Å². The van der Waals surface area contributed by atoms with Crippen LogP contribution in [0.1, 0.15) is 25.3 Å². The Bertz CT molecular complexity index is 586. The van der Waals surface area contributed by atoms with Gasteiger partial charge in [-0.25, -0.2) is 0 Å². The molecule has 0 atom stereocenters. The van der Waals surface area contributed by atoms with Gasteiger partial charge in [0.25, 0.3) is 0 Å². The fourth-order valence-electron chi connectivity index (χ4n) is 2.47. The van der Waals surface area contributed by atoms with Crippen LogP contribution in [0.15, 0.2) is 48.8 Å². The van der Waals surface area contributed by atoms with E-state index in [1.165, 1.54) is 11.1 Å². The summed E-state index contributed by atoms with van der Waals surface area (Å²) < 4.78 is 0. The highest BCUT2D eigenvalue weighted by molar-refractivity contribution is 5.75. The van der Waals surface area contributed by atoms with Crippen molar-refractivity contribution >= 4 is 5.91 Å². The van der Waals surface area contributed by atoms with Crippen LogP contribution in [0.2, 0.25) is 0 Å². The number of nitrogens with zero attached hydrogens (tertiary/aromatic N) is 1. The van der Waals surface area contributed by atoms with Gasteiger partial charge in [0.1, 0.15) is 0 Å². The molecular formula is C16H16N2O. The van der Waals surface area contributed by atoms with Crippen LogP contribution in [0.5, 0.6) is 0 Å². The smallest absolute Gasteiger partial charge is 0.217 e. The minimum Gasteiger partial charge on any atom is -0.347 e. The second kappa shape index (κ2) is 4.50. The molecule has 0 unspecified atom stereocenters. The van der Waals surface area contributed by atoms with E-state index in [2.05, 4.69) is 34.6 Å². The van der Waals surface area contributed by atoms with Gasteiger partial charge in [0, 0.05) is 19.3 Å². The SMILES string of the molecule is CC(=O)NC1(c2ccc(-c3ccncc3)cc2)CC1. The van der Waals surface area contributed by atoms with E-state index in [0.717, 1.165) is 18.4 Å². The molecule has 2 aromatic rings. The van der Waals surface area contributed by atoms with E-state index in [0.29, 0.717) is 0 Å². The summed E-state index contributed by atoms with van der Waals surface area (Å²) in [5.41, 5.74) is 3.42. The van der Waals surface area contributed by atoms with Gasteiger partial charge in [0.2, 0.25) is 5.91 Å². The molecule has 96 valence electrons. The first-order valence-electron chi connectivity index (χ1n) is 6.49. The average molecular weight is 252 g/mol. The molecule has 1 aliphatic carbocycles. The third-order valence-electron chi connectivity index (χ3n) is 3.62. The van der Waals surface area contributed by atoms with Gasteiger partial charge in [-0.1, -0.05) is 24.3 Å². The zero-order chi connectivity index (χ0) is 13.3. The maximum absolute atomic E-state index is 11.2. The molecule has 3 heteroatoms. The summed E-state index contributed by atoms with van der Waals surface area (Å²) in [6.45, 7) is 1.57. The Balaban J connectivity index is 1.86. The lowest BCUT2D eigenvalue weighted by Crippen LogP contribution is -2.32. The maximum Gasteiger partial charge on any atom is 0.217 e. The van der Waals surface area contributed by atoms with Gasteiger partial charge < -0.3 is 5.32 Å². The van der Waals surface area contributed by atoms with Crippen LogP contribution in [-0.4, -0.2) is 10.9 Å². The molecule has 0 bridgehead atoms. The monoisotopic (exact) mass is 252 g/mol. The Morgan fingerprint density at radius 3 is 2.16 bits per heavy atom. The van der Waals surface area contributed by atoms with E-state index in [4.69, 9.17) is 0 Å². The van der Waals surface area contributed by atoms with Crippen molar-refractivity contribution in [1.29, 1.82) is 0 Å². The van der Waals surface area contributed by atoms with Crippen LogP contribution in [0.3, 0.4) is 0 Å². The molecule has 3 rings (SSSR count). The second-order valence-corrected chi connectivity index (χ2v) is 5.08. The third-order valence-corrected chi connectivity index (χ3v) is 3.62. The molecule has 1 aromatic heterocycles. The van der Waals surface area contributed by atoms with E-state index < -0.39 is 0 Å². The highest BCUT2D eigenvalue weighted by Crippen LogP contribution is 2.45. The summed E-state index contributed by atoms with van der Waals surface area (Å²) in [5.74, 6) is 0.0377. The zero-order valence-corrected chi connectivity index (χ0v) is 10.9. The molecule has 1 aromatic carbocycles.